The molecule has 2 aromatic carbocycles. The first-order chi connectivity index (χ1) is 14.2. The maximum Gasteiger partial charge on any atom is 0.257 e. The van der Waals surface area contributed by atoms with Crippen LogP contribution in [0.3, 0.4) is 0 Å². The van der Waals surface area contributed by atoms with Gasteiger partial charge < -0.3 is 4.57 Å². The van der Waals surface area contributed by atoms with Crippen molar-refractivity contribution in [2.75, 3.05) is 5.32 Å². The first-order valence-electron chi connectivity index (χ1n) is 8.99. The SMILES string of the molecule is N#Cc1ccc(Cc2cnc(NC(=O)c3ccc(Cn4ccnc4)cc3)s2)cc1. The minimum Gasteiger partial charge on any atom is -0.333 e. The Labute approximate surface area is 172 Å². The molecule has 0 radical (unpaired) electrons. The fraction of sp³-hybridized carbons (Fsp3) is 0.0909. The molecule has 4 aromatic rings. The summed E-state index contributed by atoms with van der Waals surface area (Å²) in [6, 6.07) is 17.1. The Kier molecular flexibility index (Phi) is 5.45. The van der Waals surface area contributed by atoms with Crippen molar-refractivity contribution in [1.29, 1.82) is 5.26 Å². The summed E-state index contributed by atoms with van der Waals surface area (Å²) in [5.74, 6) is -0.182. The lowest BCUT2D eigenvalue weighted by molar-refractivity contribution is 0.102. The number of nitriles is 1. The average Bonchev–Trinajstić information content (AvgIpc) is 3.41. The summed E-state index contributed by atoms with van der Waals surface area (Å²) >= 11 is 1.45. The van der Waals surface area contributed by atoms with E-state index in [0.717, 1.165) is 16.0 Å². The molecule has 2 heterocycles. The number of nitrogens with one attached hydrogen (secondary N) is 1. The van der Waals surface area contributed by atoms with E-state index in [1.807, 2.05) is 47.2 Å². The highest BCUT2D eigenvalue weighted by atomic mass is 32.1. The van der Waals surface area contributed by atoms with E-state index in [9.17, 15) is 4.79 Å². The minimum absolute atomic E-state index is 0.182. The molecular weight excluding hydrogens is 382 g/mol. The topological polar surface area (TPSA) is 83.6 Å². The first kappa shape index (κ1) is 18.6. The van der Waals surface area contributed by atoms with Gasteiger partial charge in [-0.1, -0.05) is 24.3 Å². The number of carbonyl (C=O) groups excluding carboxylic acids is 1. The summed E-state index contributed by atoms with van der Waals surface area (Å²) < 4.78 is 1.97. The first-order valence-corrected chi connectivity index (χ1v) is 9.81. The van der Waals surface area contributed by atoms with Gasteiger partial charge in [-0.15, -0.1) is 11.3 Å². The molecule has 0 unspecified atom stereocenters. The normalized spacial score (nSPS) is 10.4. The van der Waals surface area contributed by atoms with Gasteiger partial charge in [0.2, 0.25) is 0 Å². The molecule has 0 bridgehead atoms. The lowest BCUT2D eigenvalue weighted by atomic mass is 10.1. The number of hydrogen-bond donors (Lipinski definition) is 1. The second-order valence-corrected chi connectivity index (χ2v) is 7.62. The molecule has 142 valence electrons. The van der Waals surface area contributed by atoms with Crippen LogP contribution in [0.15, 0.2) is 73.4 Å². The average molecular weight is 399 g/mol. The Balaban J connectivity index is 1.36. The predicted molar refractivity (Wildman–Crippen MR) is 112 cm³/mol. The quantitative estimate of drug-likeness (QED) is 0.529. The summed E-state index contributed by atoms with van der Waals surface area (Å²) in [7, 11) is 0. The summed E-state index contributed by atoms with van der Waals surface area (Å²) in [5.41, 5.74) is 3.42. The van der Waals surface area contributed by atoms with Gasteiger partial charge in [0.15, 0.2) is 5.13 Å². The smallest absolute Gasteiger partial charge is 0.257 e. The predicted octanol–water partition coefficient (Wildman–Crippen LogP) is 4.10. The number of amides is 1. The fourth-order valence-corrected chi connectivity index (χ4v) is 3.71. The molecule has 0 saturated heterocycles. The number of hydrogen-bond acceptors (Lipinski definition) is 5. The molecule has 0 aliphatic carbocycles. The van der Waals surface area contributed by atoms with E-state index >= 15 is 0 Å². The molecule has 1 amide bonds. The summed E-state index contributed by atoms with van der Waals surface area (Å²) in [4.78, 5) is 21.9. The molecule has 6 nitrogen and oxygen atoms in total. The fourth-order valence-electron chi connectivity index (χ4n) is 2.87. The number of benzene rings is 2. The third-order valence-corrected chi connectivity index (χ3v) is 5.29. The van der Waals surface area contributed by atoms with E-state index in [1.54, 1.807) is 30.9 Å². The Morgan fingerprint density at radius 3 is 2.55 bits per heavy atom. The van der Waals surface area contributed by atoms with E-state index in [-0.39, 0.29) is 5.91 Å². The number of rotatable bonds is 6. The van der Waals surface area contributed by atoms with Crippen LogP contribution in [-0.4, -0.2) is 20.4 Å². The minimum atomic E-state index is -0.182. The molecule has 1 N–H and O–H groups in total. The van der Waals surface area contributed by atoms with Crippen molar-refractivity contribution in [2.24, 2.45) is 0 Å². The van der Waals surface area contributed by atoms with Crippen molar-refractivity contribution >= 4 is 22.4 Å². The van der Waals surface area contributed by atoms with Crippen molar-refractivity contribution in [2.45, 2.75) is 13.0 Å². The van der Waals surface area contributed by atoms with E-state index in [1.165, 1.54) is 11.3 Å². The molecule has 0 saturated carbocycles. The zero-order valence-corrected chi connectivity index (χ0v) is 16.3. The highest BCUT2D eigenvalue weighted by Crippen LogP contribution is 2.22. The van der Waals surface area contributed by atoms with Gasteiger partial charge in [0.1, 0.15) is 0 Å². The van der Waals surface area contributed by atoms with Gasteiger partial charge in [0.05, 0.1) is 18.0 Å². The van der Waals surface area contributed by atoms with Gasteiger partial charge in [0.25, 0.3) is 5.91 Å². The Hall–Kier alpha value is -3.76. The Morgan fingerprint density at radius 2 is 1.86 bits per heavy atom. The molecule has 0 spiro atoms. The zero-order valence-electron chi connectivity index (χ0n) is 15.4. The molecule has 7 heteroatoms. The number of nitrogens with zero attached hydrogens (tertiary/aromatic N) is 4. The van der Waals surface area contributed by atoms with Crippen molar-refractivity contribution in [3.8, 4) is 6.07 Å². The lowest BCUT2D eigenvalue weighted by Gasteiger charge is -2.05. The molecule has 4 rings (SSSR count). The second-order valence-electron chi connectivity index (χ2n) is 6.50. The van der Waals surface area contributed by atoms with Crippen LogP contribution < -0.4 is 5.32 Å². The van der Waals surface area contributed by atoms with E-state index in [2.05, 4.69) is 21.4 Å². The van der Waals surface area contributed by atoms with Gasteiger partial charge in [-0.05, 0) is 35.4 Å². The highest BCUT2D eigenvalue weighted by molar-refractivity contribution is 7.15. The van der Waals surface area contributed by atoms with Crippen molar-refractivity contribution in [1.82, 2.24) is 14.5 Å². The van der Waals surface area contributed by atoms with Crippen LogP contribution in [0, 0.1) is 11.3 Å². The Bertz CT molecular complexity index is 1140. The maximum absolute atomic E-state index is 12.5. The third-order valence-electron chi connectivity index (χ3n) is 4.38. The number of thiazole rings is 1. The largest absolute Gasteiger partial charge is 0.333 e. The van der Waals surface area contributed by atoms with Gasteiger partial charge in [-0.2, -0.15) is 5.26 Å². The monoisotopic (exact) mass is 399 g/mol. The van der Waals surface area contributed by atoms with Crippen LogP contribution in [0.2, 0.25) is 0 Å². The maximum atomic E-state index is 12.5. The van der Waals surface area contributed by atoms with Crippen molar-refractivity contribution in [3.63, 3.8) is 0 Å². The van der Waals surface area contributed by atoms with E-state index in [4.69, 9.17) is 5.26 Å². The summed E-state index contributed by atoms with van der Waals surface area (Å²) in [5, 5.41) is 12.3. The van der Waals surface area contributed by atoms with Gasteiger partial charge in [0, 0.05) is 42.0 Å². The van der Waals surface area contributed by atoms with Gasteiger partial charge >= 0.3 is 0 Å². The lowest BCUT2D eigenvalue weighted by Crippen LogP contribution is -2.11. The van der Waals surface area contributed by atoms with Crippen molar-refractivity contribution < 1.29 is 4.79 Å². The number of aromatic nitrogens is 3. The molecule has 0 fully saturated rings. The van der Waals surface area contributed by atoms with Crippen LogP contribution in [0.25, 0.3) is 0 Å². The zero-order chi connectivity index (χ0) is 20.1. The van der Waals surface area contributed by atoms with Gasteiger partial charge in [-0.25, -0.2) is 9.97 Å². The van der Waals surface area contributed by atoms with E-state index in [0.29, 0.717) is 29.2 Å². The molecule has 29 heavy (non-hydrogen) atoms. The third kappa shape index (κ3) is 4.75. The molecule has 0 aliphatic heterocycles. The van der Waals surface area contributed by atoms with E-state index < -0.39 is 0 Å². The van der Waals surface area contributed by atoms with Crippen LogP contribution >= 0.6 is 11.3 Å². The highest BCUT2D eigenvalue weighted by Gasteiger charge is 2.10. The standard InChI is InChI=1S/C22H17N5OS/c23-12-17-3-1-16(2-4-17)11-20-13-25-22(29-20)26-21(28)19-7-5-18(6-8-19)14-27-10-9-24-15-27/h1-10,13,15H,11,14H2,(H,25,26,28). The number of anilines is 1. The molecular formula is C22H17N5OS. The Morgan fingerprint density at radius 1 is 1.10 bits per heavy atom. The van der Waals surface area contributed by atoms with Crippen LogP contribution in [-0.2, 0) is 13.0 Å². The molecule has 0 aliphatic rings. The molecule has 2 aromatic heterocycles. The van der Waals surface area contributed by atoms with Crippen molar-refractivity contribution in [3.05, 3.63) is 101 Å². The molecule has 0 atom stereocenters. The van der Waals surface area contributed by atoms with Crippen LogP contribution in [0.4, 0.5) is 5.13 Å². The van der Waals surface area contributed by atoms with Crippen LogP contribution in [0.1, 0.15) is 31.9 Å². The summed E-state index contributed by atoms with van der Waals surface area (Å²) in [6.07, 6.45) is 7.89. The van der Waals surface area contributed by atoms with Crippen LogP contribution in [0.5, 0.6) is 0 Å². The van der Waals surface area contributed by atoms with Gasteiger partial charge in [-0.3, -0.25) is 10.1 Å². The second kappa shape index (κ2) is 8.50. The number of imidazole rings is 1. The summed E-state index contributed by atoms with van der Waals surface area (Å²) in [6.45, 7) is 0.715. The number of carbonyl (C=O) groups is 1.